The van der Waals surface area contributed by atoms with Gasteiger partial charge in [0.25, 0.3) is 5.91 Å². The number of anilines is 1. The van der Waals surface area contributed by atoms with Crippen LogP contribution >= 0.6 is 0 Å². The molecule has 1 N–H and O–H groups in total. The molecule has 2 aromatic rings. The molecule has 0 saturated carbocycles. The Morgan fingerprint density at radius 1 is 1.17 bits per heavy atom. The molecule has 0 radical (unpaired) electrons. The largest absolute Gasteiger partial charge is 0.478 e. The van der Waals surface area contributed by atoms with Crippen molar-refractivity contribution in [1.82, 2.24) is 0 Å². The van der Waals surface area contributed by atoms with Crippen molar-refractivity contribution in [3.05, 3.63) is 59.9 Å². The summed E-state index contributed by atoms with van der Waals surface area (Å²) in [7, 11) is 0. The molecule has 0 fully saturated rings. The Labute approximate surface area is 132 Å². The summed E-state index contributed by atoms with van der Waals surface area (Å²) >= 11 is 0. The molecular weight excluding hydrogens is 301 g/mol. The highest BCUT2D eigenvalue weighted by Crippen LogP contribution is 2.29. The van der Waals surface area contributed by atoms with E-state index in [9.17, 15) is 14.0 Å². The van der Waals surface area contributed by atoms with Crippen molar-refractivity contribution < 1.29 is 23.5 Å². The van der Waals surface area contributed by atoms with E-state index in [1.165, 1.54) is 12.1 Å². The van der Waals surface area contributed by atoms with Crippen LogP contribution in [0.2, 0.25) is 0 Å². The zero-order valence-corrected chi connectivity index (χ0v) is 12.1. The Morgan fingerprint density at radius 3 is 2.74 bits per heavy atom. The zero-order valence-electron chi connectivity index (χ0n) is 12.1. The molecule has 1 unspecified atom stereocenters. The minimum absolute atomic E-state index is 0.184. The summed E-state index contributed by atoms with van der Waals surface area (Å²) in [5.41, 5.74) is 0.841. The number of halogens is 1. The molecule has 2 aromatic carbocycles. The molecule has 118 valence electrons. The average Bonchev–Trinajstić information content (AvgIpc) is 2.55. The predicted molar refractivity (Wildman–Crippen MR) is 80.3 cm³/mol. The quantitative estimate of drug-likeness (QED) is 0.881. The van der Waals surface area contributed by atoms with Crippen molar-refractivity contribution in [3.63, 3.8) is 0 Å². The van der Waals surface area contributed by atoms with Crippen LogP contribution in [0.4, 0.5) is 10.1 Å². The SMILES string of the molecule is O=C(CC1Oc2ccccc2NC1=O)OCc1ccccc1F. The Kier molecular flexibility index (Phi) is 4.23. The third-order valence-corrected chi connectivity index (χ3v) is 3.41. The number of amides is 1. The summed E-state index contributed by atoms with van der Waals surface area (Å²) in [6.45, 7) is -0.184. The maximum Gasteiger partial charge on any atom is 0.310 e. The lowest BCUT2D eigenvalue weighted by Gasteiger charge is -2.25. The smallest absolute Gasteiger partial charge is 0.310 e. The van der Waals surface area contributed by atoms with Gasteiger partial charge in [-0.3, -0.25) is 9.59 Å². The summed E-state index contributed by atoms with van der Waals surface area (Å²) in [4.78, 5) is 23.8. The molecule has 3 rings (SSSR count). The topological polar surface area (TPSA) is 64.6 Å². The first-order valence-electron chi connectivity index (χ1n) is 7.09. The molecule has 6 heteroatoms. The summed E-state index contributed by atoms with van der Waals surface area (Å²) < 4.78 is 24.0. The molecule has 0 spiro atoms. The average molecular weight is 315 g/mol. The van der Waals surface area contributed by atoms with Gasteiger partial charge in [-0.2, -0.15) is 0 Å². The van der Waals surface area contributed by atoms with E-state index in [2.05, 4.69) is 5.32 Å². The lowest BCUT2D eigenvalue weighted by atomic mass is 10.1. The lowest BCUT2D eigenvalue weighted by molar-refractivity contribution is -0.149. The highest BCUT2D eigenvalue weighted by atomic mass is 19.1. The number of hydrogen-bond donors (Lipinski definition) is 1. The van der Waals surface area contributed by atoms with Crippen LogP contribution in [0.3, 0.4) is 0 Å². The number of nitrogens with one attached hydrogen (secondary N) is 1. The van der Waals surface area contributed by atoms with Crippen molar-refractivity contribution in [1.29, 1.82) is 0 Å². The first-order valence-corrected chi connectivity index (χ1v) is 7.09. The molecule has 0 aromatic heterocycles. The molecule has 0 bridgehead atoms. The van der Waals surface area contributed by atoms with Gasteiger partial charge in [-0.05, 0) is 18.2 Å². The molecule has 23 heavy (non-hydrogen) atoms. The van der Waals surface area contributed by atoms with Gasteiger partial charge in [0, 0.05) is 5.56 Å². The minimum atomic E-state index is -0.960. The van der Waals surface area contributed by atoms with E-state index >= 15 is 0 Å². The van der Waals surface area contributed by atoms with E-state index in [4.69, 9.17) is 9.47 Å². The van der Waals surface area contributed by atoms with Gasteiger partial charge in [0.15, 0.2) is 6.10 Å². The molecule has 1 aliphatic rings. The number of benzene rings is 2. The molecule has 0 saturated heterocycles. The Balaban J connectivity index is 1.58. The second-order valence-electron chi connectivity index (χ2n) is 5.05. The number of para-hydroxylation sites is 2. The van der Waals surface area contributed by atoms with Crippen LogP contribution in [0.1, 0.15) is 12.0 Å². The van der Waals surface area contributed by atoms with Crippen LogP contribution in [0.25, 0.3) is 0 Å². The van der Waals surface area contributed by atoms with E-state index in [1.807, 2.05) is 0 Å². The van der Waals surface area contributed by atoms with Crippen LogP contribution < -0.4 is 10.1 Å². The maximum atomic E-state index is 13.4. The van der Waals surface area contributed by atoms with Crippen molar-refractivity contribution in [2.75, 3.05) is 5.32 Å². The monoisotopic (exact) mass is 315 g/mol. The van der Waals surface area contributed by atoms with Crippen LogP contribution in [0.5, 0.6) is 5.75 Å². The van der Waals surface area contributed by atoms with Crippen LogP contribution in [0.15, 0.2) is 48.5 Å². The number of fused-ring (bicyclic) bond motifs is 1. The maximum absolute atomic E-state index is 13.4. The van der Waals surface area contributed by atoms with E-state index in [-0.39, 0.29) is 18.6 Å². The minimum Gasteiger partial charge on any atom is -0.478 e. The Bertz CT molecular complexity index is 747. The van der Waals surface area contributed by atoms with E-state index in [1.54, 1.807) is 36.4 Å². The summed E-state index contributed by atoms with van der Waals surface area (Å²) in [5.74, 6) is -0.987. The normalized spacial score (nSPS) is 16.0. The van der Waals surface area contributed by atoms with Crippen LogP contribution in [0, 0.1) is 5.82 Å². The fourth-order valence-electron chi connectivity index (χ4n) is 2.21. The molecule has 1 heterocycles. The number of hydrogen-bond acceptors (Lipinski definition) is 4. The van der Waals surface area contributed by atoms with Crippen molar-refractivity contribution >= 4 is 17.6 Å². The summed E-state index contributed by atoms with van der Waals surface area (Å²) in [5, 5.41) is 2.67. The van der Waals surface area contributed by atoms with Gasteiger partial charge in [-0.1, -0.05) is 30.3 Å². The van der Waals surface area contributed by atoms with Gasteiger partial charge < -0.3 is 14.8 Å². The Morgan fingerprint density at radius 2 is 1.91 bits per heavy atom. The summed E-state index contributed by atoms with van der Waals surface area (Å²) in [6.07, 6.45) is -1.20. The zero-order chi connectivity index (χ0) is 16.2. The van der Waals surface area contributed by atoms with Gasteiger partial charge >= 0.3 is 5.97 Å². The second-order valence-corrected chi connectivity index (χ2v) is 5.05. The molecular formula is C17H14FNO4. The number of rotatable bonds is 4. The van der Waals surface area contributed by atoms with Crippen molar-refractivity contribution in [2.24, 2.45) is 0 Å². The lowest BCUT2D eigenvalue weighted by Crippen LogP contribution is -2.38. The molecule has 1 atom stereocenters. The fraction of sp³-hybridized carbons (Fsp3) is 0.176. The Hall–Kier alpha value is -2.89. The molecule has 0 aliphatic carbocycles. The van der Waals surface area contributed by atoms with E-state index in [0.29, 0.717) is 11.4 Å². The number of carbonyl (C=O) groups excluding carboxylic acids is 2. The number of carbonyl (C=O) groups is 2. The predicted octanol–water partition coefficient (Wildman–Crippen LogP) is 2.66. The third-order valence-electron chi connectivity index (χ3n) is 3.41. The van der Waals surface area contributed by atoms with Crippen molar-refractivity contribution in [2.45, 2.75) is 19.1 Å². The molecule has 5 nitrogen and oxygen atoms in total. The van der Waals surface area contributed by atoms with E-state index < -0.39 is 23.8 Å². The molecule has 1 amide bonds. The van der Waals surface area contributed by atoms with Gasteiger partial charge in [0.05, 0.1) is 12.1 Å². The van der Waals surface area contributed by atoms with Gasteiger partial charge in [-0.25, -0.2) is 4.39 Å². The number of ether oxygens (including phenoxy) is 2. The van der Waals surface area contributed by atoms with Crippen LogP contribution in [-0.4, -0.2) is 18.0 Å². The first kappa shape index (κ1) is 15.0. The van der Waals surface area contributed by atoms with Gasteiger partial charge in [0.2, 0.25) is 0 Å². The van der Waals surface area contributed by atoms with Gasteiger partial charge in [0.1, 0.15) is 18.2 Å². The first-order chi connectivity index (χ1) is 11.1. The standard InChI is InChI=1S/C17H14FNO4/c18-12-6-2-1-5-11(12)10-22-16(20)9-15-17(21)19-13-7-3-4-8-14(13)23-15/h1-8,15H,9-10H2,(H,19,21). The van der Waals surface area contributed by atoms with Gasteiger partial charge in [-0.15, -0.1) is 0 Å². The number of esters is 1. The van der Waals surface area contributed by atoms with E-state index in [0.717, 1.165) is 0 Å². The fourth-order valence-corrected chi connectivity index (χ4v) is 2.21. The molecule has 1 aliphatic heterocycles. The summed E-state index contributed by atoms with van der Waals surface area (Å²) in [6, 6.07) is 13.0. The van der Waals surface area contributed by atoms with Crippen molar-refractivity contribution in [3.8, 4) is 5.75 Å². The highest BCUT2D eigenvalue weighted by molar-refractivity contribution is 5.99. The van der Waals surface area contributed by atoms with Crippen LogP contribution in [-0.2, 0) is 20.9 Å². The second kappa shape index (κ2) is 6.48. The third kappa shape index (κ3) is 3.48. The highest BCUT2D eigenvalue weighted by Gasteiger charge is 2.30.